The van der Waals surface area contributed by atoms with Crippen molar-refractivity contribution < 1.29 is 13.2 Å². The van der Waals surface area contributed by atoms with Gasteiger partial charge in [0.2, 0.25) is 0 Å². The highest BCUT2D eigenvalue weighted by Crippen LogP contribution is 2.63. The molecule has 2 aromatic rings. The van der Waals surface area contributed by atoms with E-state index in [1.165, 1.54) is 0 Å². The van der Waals surface area contributed by atoms with E-state index in [1.54, 1.807) is 24.3 Å². The van der Waals surface area contributed by atoms with Gasteiger partial charge in [0, 0.05) is 12.5 Å². The third kappa shape index (κ3) is 2.97. The van der Waals surface area contributed by atoms with Gasteiger partial charge in [-0.05, 0) is 31.5 Å². The highest BCUT2D eigenvalue weighted by molar-refractivity contribution is 7.92. The molecule has 3 atom stereocenters. The van der Waals surface area contributed by atoms with Gasteiger partial charge in [0.05, 0.1) is 22.8 Å². The van der Waals surface area contributed by atoms with Gasteiger partial charge >= 0.3 is 0 Å². The number of nitrogens with zero attached hydrogens (tertiary/aromatic N) is 1. The monoisotopic (exact) mass is 355 g/mol. The summed E-state index contributed by atoms with van der Waals surface area (Å²) in [4.78, 5) is 0.262. The van der Waals surface area contributed by atoms with E-state index in [-0.39, 0.29) is 17.4 Å². The van der Waals surface area contributed by atoms with Crippen LogP contribution >= 0.6 is 0 Å². The summed E-state index contributed by atoms with van der Waals surface area (Å²) >= 11 is 0. The molecule has 1 fully saturated rings. The second-order valence-electron chi connectivity index (χ2n) is 6.46. The van der Waals surface area contributed by atoms with Crippen LogP contribution in [0.2, 0.25) is 0 Å². The minimum atomic E-state index is -3.63. The molecule has 0 unspecified atom stereocenters. The lowest BCUT2D eigenvalue weighted by Crippen LogP contribution is -2.19. The van der Waals surface area contributed by atoms with Crippen molar-refractivity contribution >= 4 is 9.84 Å². The SMILES string of the molecule is CCOC[C@@]1(C#N)[C@@H](c2ccccc2)[C@@H]1S(=O)(=O)c1ccc(C)cc1. The summed E-state index contributed by atoms with van der Waals surface area (Å²) in [5.41, 5.74) is 0.820. The number of hydrogen-bond donors (Lipinski definition) is 0. The lowest BCUT2D eigenvalue weighted by Gasteiger charge is -2.10. The molecule has 1 saturated carbocycles. The van der Waals surface area contributed by atoms with E-state index in [4.69, 9.17) is 4.74 Å². The van der Waals surface area contributed by atoms with Crippen LogP contribution in [-0.4, -0.2) is 26.9 Å². The van der Waals surface area contributed by atoms with Crippen LogP contribution in [0.3, 0.4) is 0 Å². The fraction of sp³-hybridized carbons (Fsp3) is 0.350. The topological polar surface area (TPSA) is 67.2 Å². The van der Waals surface area contributed by atoms with Crippen LogP contribution in [0.4, 0.5) is 0 Å². The fourth-order valence-electron chi connectivity index (χ4n) is 3.48. The molecule has 0 saturated heterocycles. The summed E-state index contributed by atoms with van der Waals surface area (Å²) in [5, 5.41) is 9.06. The van der Waals surface area contributed by atoms with Crippen molar-refractivity contribution in [2.75, 3.05) is 13.2 Å². The Bertz CT molecular complexity index is 885. The number of rotatable bonds is 6. The first-order chi connectivity index (χ1) is 12.0. The second kappa shape index (κ2) is 6.62. The Morgan fingerprint density at radius 1 is 1.12 bits per heavy atom. The predicted octanol–water partition coefficient (Wildman–Crippen LogP) is 3.48. The van der Waals surface area contributed by atoms with Gasteiger partial charge in [-0.3, -0.25) is 0 Å². The molecule has 130 valence electrons. The zero-order valence-electron chi connectivity index (χ0n) is 14.3. The predicted molar refractivity (Wildman–Crippen MR) is 95.9 cm³/mol. The molecule has 0 heterocycles. The molecular weight excluding hydrogens is 334 g/mol. The maximum atomic E-state index is 13.2. The Hall–Kier alpha value is -2.16. The average Bonchev–Trinajstić information content (AvgIpc) is 3.31. The van der Waals surface area contributed by atoms with E-state index in [2.05, 4.69) is 6.07 Å². The molecule has 4 nitrogen and oxygen atoms in total. The Morgan fingerprint density at radius 3 is 2.32 bits per heavy atom. The smallest absolute Gasteiger partial charge is 0.183 e. The molecule has 0 bridgehead atoms. The van der Waals surface area contributed by atoms with Crippen LogP contribution in [0.15, 0.2) is 59.5 Å². The standard InChI is InChI=1S/C20H21NO3S/c1-3-24-14-20(13-21)18(16-7-5-4-6-8-16)19(20)25(22,23)17-11-9-15(2)10-12-17/h4-12,18-19H,3,14H2,1-2H3/t18-,19-,20-/m0/s1. The Morgan fingerprint density at radius 2 is 1.76 bits per heavy atom. The van der Waals surface area contributed by atoms with Crippen LogP contribution in [0.1, 0.15) is 24.0 Å². The Kier molecular flexibility index (Phi) is 4.68. The molecule has 0 aromatic heterocycles. The van der Waals surface area contributed by atoms with Gasteiger partial charge in [0.25, 0.3) is 0 Å². The van der Waals surface area contributed by atoms with Gasteiger partial charge in [-0.2, -0.15) is 5.26 Å². The van der Waals surface area contributed by atoms with Crippen LogP contribution in [0.25, 0.3) is 0 Å². The summed E-state index contributed by atoms with van der Waals surface area (Å²) in [7, 11) is -3.63. The van der Waals surface area contributed by atoms with E-state index in [0.717, 1.165) is 11.1 Å². The summed E-state index contributed by atoms with van der Waals surface area (Å²) in [6, 6.07) is 18.4. The first-order valence-corrected chi connectivity index (χ1v) is 9.86. The van der Waals surface area contributed by atoms with Crippen molar-refractivity contribution in [3.8, 4) is 6.07 Å². The van der Waals surface area contributed by atoms with Gasteiger partial charge in [0.15, 0.2) is 9.84 Å². The minimum absolute atomic E-state index is 0.120. The minimum Gasteiger partial charge on any atom is -0.380 e. The number of benzene rings is 2. The first kappa shape index (κ1) is 17.7. The molecule has 25 heavy (non-hydrogen) atoms. The van der Waals surface area contributed by atoms with E-state index in [1.807, 2.05) is 44.2 Å². The molecular formula is C20H21NO3S. The molecule has 0 spiro atoms. The summed E-state index contributed by atoms with van der Waals surface area (Å²) in [5.74, 6) is -0.378. The number of aryl methyl sites for hydroxylation is 1. The normalized spacial score (nSPS) is 25.3. The Labute approximate surface area is 149 Å². The molecule has 5 heteroatoms. The fourth-order valence-corrected chi connectivity index (χ4v) is 5.79. The maximum absolute atomic E-state index is 13.2. The average molecular weight is 355 g/mol. The van der Waals surface area contributed by atoms with Crippen molar-refractivity contribution in [1.82, 2.24) is 0 Å². The highest BCUT2D eigenvalue weighted by atomic mass is 32.2. The van der Waals surface area contributed by atoms with Crippen molar-refractivity contribution in [3.05, 3.63) is 65.7 Å². The largest absolute Gasteiger partial charge is 0.380 e. The van der Waals surface area contributed by atoms with E-state index in [0.29, 0.717) is 6.61 Å². The van der Waals surface area contributed by atoms with Crippen LogP contribution < -0.4 is 0 Å². The molecule has 1 aliphatic rings. The zero-order valence-corrected chi connectivity index (χ0v) is 15.2. The highest BCUT2D eigenvalue weighted by Gasteiger charge is 2.72. The molecule has 1 aliphatic carbocycles. The first-order valence-electron chi connectivity index (χ1n) is 8.32. The van der Waals surface area contributed by atoms with E-state index < -0.39 is 20.5 Å². The number of ether oxygens (including phenoxy) is 1. The summed E-state index contributed by atoms with van der Waals surface area (Å²) < 4.78 is 31.9. The van der Waals surface area contributed by atoms with Gasteiger partial charge in [-0.15, -0.1) is 0 Å². The van der Waals surface area contributed by atoms with Crippen molar-refractivity contribution in [2.45, 2.75) is 29.9 Å². The Balaban J connectivity index is 2.05. The molecule has 3 rings (SSSR count). The van der Waals surface area contributed by atoms with Gasteiger partial charge in [-0.1, -0.05) is 48.0 Å². The lowest BCUT2D eigenvalue weighted by atomic mass is 10.0. The van der Waals surface area contributed by atoms with E-state index in [9.17, 15) is 13.7 Å². The van der Waals surface area contributed by atoms with Crippen LogP contribution in [0.5, 0.6) is 0 Å². The third-order valence-corrected chi connectivity index (χ3v) is 7.14. The van der Waals surface area contributed by atoms with Crippen molar-refractivity contribution in [2.24, 2.45) is 5.41 Å². The third-order valence-electron chi connectivity index (χ3n) is 4.85. The second-order valence-corrected chi connectivity index (χ2v) is 8.53. The number of sulfone groups is 1. The van der Waals surface area contributed by atoms with Gasteiger partial charge < -0.3 is 4.74 Å². The molecule has 0 aliphatic heterocycles. The molecule has 0 N–H and O–H groups in total. The quantitative estimate of drug-likeness (QED) is 0.795. The number of nitriles is 1. The van der Waals surface area contributed by atoms with Crippen molar-refractivity contribution in [1.29, 1.82) is 5.26 Å². The number of hydrogen-bond acceptors (Lipinski definition) is 4. The van der Waals surface area contributed by atoms with Crippen molar-refractivity contribution in [3.63, 3.8) is 0 Å². The zero-order chi connectivity index (χ0) is 18.1. The molecule has 0 radical (unpaired) electrons. The molecule has 2 aromatic carbocycles. The summed E-state index contributed by atoms with van der Waals surface area (Å²) in [6.45, 7) is 4.32. The molecule has 0 amide bonds. The van der Waals surface area contributed by atoms with E-state index >= 15 is 0 Å². The maximum Gasteiger partial charge on any atom is 0.183 e. The van der Waals surface area contributed by atoms with Crippen LogP contribution in [0, 0.1) is 23.7 Å². The van der Waals surface area contributed by atoms with Gasteiger partial charge in [0.1, 0.15) is 5.41 Å². The van der Waals surface area contributed by atoms with Gasteiger partial charge in [-0.25, -0.2) is 8.42 Å². The lowest BCUT2D eigenvalue weighted by molar-refractivity contribution is 0.117. The summed E-state index contributed by atoms with van der Waals surface area (Å²) in [6.07, 6.45) is 0. The van der Waals surface area contributed by atoms with Crippen LogP contribution in [-0.2, 0) is 14.6 Å².